The summed E-state index contributed by atoms with van der Waals surface area (Å²) in [6.45, 7) is 2.50. The molecule has 1 aliphatic heterocycles. The van der Waals surface area contributed by atoms with Gasteiger partial charge in [-0.2, -0.15) is 9.35 Å². The lowest BCUT2D eigenvalue weighted by molar-refractivity contribution is -0.109. The van der Waals surface area contributed by atoms with E-state index in [9.17, 15) is 4.21 Å². The molecule has 0 amide bonds. The van der Waals surface area contributed by atoms with Gasteiger partial charge >= 0.3 is 0 Å². The topological polar surface area (TPSA) is 64.8 Å². The summed E-state index contributed by atoms with van der Waals surface area (Å²) in [6.07, 6.45) is 0. The first-order chi connectivity index (χ1) is 7.75. The number of hydroxylamine groups is 2. The number of morpholine rings is 1. The van der Waals surface area contributed by atoms with Crippen LogP contribution in [0.4, 0.5) is 5.69 Å². The Bertz CT molecular complexity index is 363. The predicted octanol–water partition coefficient (Wildman–Crippen LogP) is 0.555. The summed E-state index contributed by atoms with van der Waals surface area (Å²) in [7, 11) is 0. The smallest absolute Gasteiger partial charge is 0.206 e. The molecule has 6 heteroatoms. The van der Waals surface area contributed by atoms with Gasteiger partial charge in [0.05, 0.1) is 18.1 Å². The number of rotatable bonds is 3. The van der Waals surface area contributed by atoms with E-state index in [-0.39, 0.29) is 0 Å². The maximum atomic E-state index is 11.8. The van der Waals surface area contributed by atoms with Crippen molar-refractivity contribution in [3.63, 3.8) is 0 Å². The molecule has 0 saturated carbocycles. The fourth-order valence-corrected chi connectivity index (χ4v) is 2.12. The number of anilines is 1. The molecule has 0 radical (unpaired) electrons. The first-order valence-corrected chi connectivity index (χ1v) is 6.11. The van der Waals surface area contributed by atoms with Gasteiger partial charge in [-0.3, -0.25) is 0 Å². The third-order valence-electron chi connectivity index (χ3n) is 2.22. The summed E-state index contributed by atoms with van der Waals surface area (Å²) in [5.41, 5.74) is 6.19. The Morgan fingerprint density at radius 3 is 2.50 bits per heavy atom. The Labute approximate surface area is 96.7 Å². The van der Waals surface area contributed by atoms with Crippen molar-refractivity contribution in [1.82, 2.24) is 5.06 Å². The zero-order valence-corrected chi connectivity index (χ0v) is 9.61. The van der Waals surface area contributed by atoms with E-state index < -0.39 is 11.1 Å². The van der Waals surface area contributed by atoms with E-state index in [4.69, 9.17) is 14.8 Å². The number of nitrogens with zero attached hydrogens (tertiary/aromatic N) is 1. The summed E-state index contributed by atoms with van der Waals surface area (Å²) in [5, 5.41) is 1.66. The van der Waals surface area contributed by atoms with Crippen LogP contribution in [0.15, 0.2) is 29.2 Å². The Hall–Kier alpha value is -0.950. The number of ether oxygens (including phenoxy) is 1. The zero-order valence-electron chi connectivity index (χ0n) is 8.80. The lowest BCUT2D eigenvalue weighted by Gasteiger charge is -2.24. The quantitative estimate of drug-likeness (QED) is 0.784. The van der Waals surface area contributed by atoms with E-state index in [0.29, 0.717) is 36.9 Å². The predicted molar refractivity (Wildman–Crippen MR) is 60.7 cm³/mol. The van der Waals surface area contributed by atoms with Gasteiger partial charge in [0.2, 0.25) is 11.1 Å². The van der Waals surface area contributed by atoms with Crippen molar-refractivity contribution in [2.75, 3.05) is 32.0 Å². The summed E-state index contributed by atoms with van der Waals surface area (Å²) in [4.78, 5) is 0.612. The van der Waals surface area contributed by atoms with Gasteiger partial charge in [-0.05, 0) is 24.3 Å². The highest BCUT2D eigenvalue weighted by Crippen LogP contribution is 2.12. The maximum Gasteiger partial charge on any atom is 0.206 e. The summed E-state index contributed by atoms with van der Waals surface area (Å²) in [6, 6.07) is 6.81. The molecule has 0 aromatic heterocycles. The average Bonchev–Trinajstić information content (AvgIpc) is 2.31. The monoisotopic (exact) mass is 242 g/mol. The van der Waals surface area contributed by atoms with Crippen LogP contribution in [0.3, 0.4) is 0 Å². The fourth-order valence-electron chi connectivity index (χ4n) is 1.34. The van der Waals surface area contributed by atoms with E-state index in [1.54, 1.807) is 29.3 Å². The minimum Gasteiger partial charge on any atom is -0.399 e. The fraction of sp³-hybridized carbons (Fsp3) is 0.400. The molecule has 1 unspecified atom stereocenters. The summed E-state index contributed by atoms with van der Waals surface area (Å²) >= 11 is -1.47. The molecule has 2 N–H and O–H groups in total. The van der Waals surface area contributed by atoms with Crippen LogP contribution in [0.25, 0.3) is 0 Å². The first-order valence-electron chi connectivity index (χ1n) is 5.04. The van der Waals surface area contributed by atoms with E-state index in [1.165, 1.54) is 0 Å². The molecule has 1 aliphatic rings. The van der Waals surface area contributed by atoms with Gasteiger partial charge in [0, 0.05) is 18.8 Å². The van der Waals surface area contributed by atoms with Crippen molar-refractivity contribution in [3.8, 4) is 0 Å². The van der Waals surface area contributed by atoms with E-state index in [0.717, 1.165) is 0 Å². The highest BCUT2D eigenvalue weighted by Gasteiger charge is 2.15. The minimum absolute atomic E-state index is 0.610. The summed E-state index contributed by atoms with van der Waals surface area (Å²) < 4.78 is 22.3. The molecule has 0 bridgehead atoms. The number of nitrogen functional groups attached to an aromatic ring is 1. The van der Waals surface area contributed by atoms with Crippen LogP contribution in [-0.4, -0.2) is 35.6 Å². The SMILES string of the molecule is Nc1ccc(S(=O)ON2CCOCC2)cc1. The van der Waals surface area contributed by atoms with Crippen molar-refractivity contribution in [2.45, 2.75) is 4.90 Å². The molecule has 5 nitrogen and oxygen atoms in total. The Balaban J connectivity index is 1.94. The third-order valence-corrected chi connectivity index (χ3v) is 3.22. The van der Waals surface area contributed by atoms with Crippen LogP contribution in [0, 0.1) is 0 Å². The van der Waals surface area contributed by atoms with E-state index >= 15 is 0 Å². The van der Waals surface area contributed by atoms with Crippen LogP contribution in [0.1, 0.15) is 0 Å². The van der Waals surface area contributed by atoms with Crippen molar-refractivity contribution in [1.29, 1.82) is 0 Å². The van der Waals surface area contributed by atoms with Gasteiger partial charge in [-0.25, -0.2) is 4.21 Å². The lowest BCUT2D eigenvalue weighted by Crippen LogP contribution is -2.36. The van der Waals surface area contributed by atoms with Crippen molar-refractivity contribution >= 4 is 16.8 Å². The largest absolute Gasteiger partial charge is 0.399 e. The van der Waals surface area contributed by atoms with Crippen LogP contribution in [-0.2, 0) is 20.1 Å². The molecule has 0 spiro atoms. The molecule has 88 valence electrons. The average molecular weight is 242 g/mol. The van der Waals surface area contributed by atoms with E-state index in [1.807, 2.05) is 0 Å². The molecular weight excluding hydrogens is 228 g/mol. The van der Waals surface area contributed by atoms with Gasteiger partial charge in [0.25, 0.3) is 0 Å². The molecule has 16 heavy (non-hydrogen) atoms. The Kier molecular flexibility index (Phi) is 3.89. The lowest BCUT2D eigenvalue weighted by atomic mass is 10.3. The van der Waals surface area contributed by atoms with Crippen LogP contribution < -0.4 is 5.73 Å². The van der Waals surface area contributed by atoms with Crippen molar-refractivity contribution < 1.29 is 13.2 Å². The second-order valence-electron chi connectivity index (χ2n) is 3.42. The van der Waals surface area contributed by atoms with Crippen LogP contribution in [0.2, 0.25) is 0 Å². The molecule has 1 saturated heterocycles. The second kappa shape index (κ2) is 5.40. The number of benzene rings is 1. The van der Waals surface area contributed by atoms with Gasteiger partial charge in [-0.15, -0.1) is 0 Å². The highest BCUT2D eigenvalue weighted by atomic mass is 32.2. The van der Waals surface area contributed by atoms with Crippen molar-refractivity contribution in [2.24, 2.45) is 0 Å². The Morgan fingerprint density at radius 2 is 1.88 bits per heavy atom. The minimum atomic E-state index is -1.47. The normalized spacial score (nSPS) is 19.5. The van der Waals surface area contributed by atoms with E-state index in [2.05, 4.69) is 0 Å². The standard InChI is InChI=1S/C10H14N2O3S/c11-9-1-3-10(4-2-9)16(13)15-12-5-7-14-8-6-12/h1-4H,5-8,11H2. The van der Waals surface area contributed by atoms with Gasteiger partial charge in [0.1, 0.15) is 0 Å². The van der Waals surface area contributed by atoms with Crippen molar-refractivity contribution in [3.05, 3.63) is 24.3 Å². The van der Waals surface area contributed by atoms with Crippen LogP contribution >= 0.6 is 0 Å². The number of hydrogen-bond donors (Lipinski definition) is 1. The molecule has 1 aromatic carbocycles. The molecular formula is C10H14N2O3S. The number of nitrogens with two attached hydrogens (primary N) is 1. The first kappa shape index (κ1) is 11.5. The van der Waals surface area contributed by atoms with Gasteiger partial charge in [0.15, 0.2) is 0 Å². The third kappa shape index (κ3) is 3.02. The maximum absolute atomic E-state index is 11.8. The second-order valence-corrected chi connectivity index (χ2v) is 4.51. The zero-order chi connectivity index (χ0) is 11.4. The van der Waals surface area contributed by atoms with Gasteiger partial charge < -0.3 is 10.5 Å². The number of hydrogen-bond acceptors (Lipinski definition) is 5. The molecule has 0 aliphatic carbocycles. The summed E-state index contributed by atoms with van der Waals surface area (Å²) in [5.74, 6) is 0. The molecule has 1 atom stereocenters. The van der Waals surface area contributed by atoms with Crippen LogP contribution in [0.5, 0.6) is 0 Å². The molecule has 1 fully saturated rings. The highest BCUT2D eigenvalue weighted by molar-refractivity contribution is 7.80. The molecule has 1 aromatic rings. The van der Waals surface area contributed by atoms with Gasteiger partial charge in [-0.1, -0.05) is 0 Å². The Morgan fingerprint density at radius 1 is 1.25 bits per heavy atom. The molecule has 1 heterocycles. The molecule has 2 rings (SSSR count).